The van der Waals surface area contributed by atoms with Gasteiger partial charge in [-0.15, -0.1) is 10.2 Å². The first-order valence-electron chi connectivity index (χ1n) is 10.7. The van der Waals surface area contributed by atoms with Gasteiger partial charge in [0, 0.05) is 37.8 Å². The number of halogens is 1. The number of hydrogen-bond acceptors (Lipinski definition) is 5. The Morgan fingerprint density at radius 3 is 2.72 bits per heavy atom. The zero-order valence-electron chi connectivity index (χ0n) is 18.8. The number of hydrogen-bond donors (Lipinski definition) is 0. The van der Waals surface area contributed by atoms with Crippen LogP contribution in [0.5, 0.6) is 5.75 Å². The van der Waals surface area contributed by atoms with E-state index in [9.17, 15) is 4.39 Å². The molecule has 1 fully saturated rings. The van der Waals surface area contributed by atoms with Crippen LogP contribution in [0.25, 0.3) is 16.0 Å². The maximum atomic E-state index is 13.4. The molecule has 148 valence electrons. The van der Waals surface area contributed by atoms with Gasteiger partial charge in [-0.05, 0) is 36.6 Å². The lowest BCUT2D eigenvalue weighted by Gasteiger charge is -2.35. The summed E-state index contributed by atoms with van der Waals surface area (Å²) in [6, 6.07) is 6.00. The fraction of sp³-hybridized carbons (Fsp3) is 0.333. The number of methoxy groups -OCH3 is 1. The predicted octanol–water partition coefficient (Wildman–Crippen LogP) is 3.96. The van der Waals surface area contributed by atoms with Gasteiger partial charge in [0.05, 0.1) is 23.4 Å². The second-order valence-corrected chi connectivity index (χ2v) is 6.95. The predicted molar refractivity (Wildman–Crippen MR) is 108 cm³/mol. The smallest absolute Gasteiger partial charge is 0.251 e. The van der Waals surface area contributed by atoms with Gasteiger partial charge in [0.1, 0.15) is 17.9 Å². The molecule has 3 heterocycles. The van der Waals surface area contributed by atoms with Crippen molar-refractivity contribution in [2.75, 3.05) is 25.0 Å². The molecular formula is C21H21FN6O. The minimum atomic E-state index is -2.69. The Morgan fingerprint density at radius 2 is 2.10 bits per heavy atom. The van der Waals surface area contributed by atoms with Crippen LogP contribution in [-0.2, 0) is 7.05 Å². The summed E-state index contributed by atoms with van der Waals surface area (Å²) < 4.78 is 42.8. The van der Waals surface area contributed by atoms with Crippen LogP contribution in [0.2, 0.25) is 0 Å². The SMILES string of the molecule is [2H]C([2H])([2H])Oc1ccc(-c2ccc(F)nc2)c(N2CCC(c3nncn3C)CC2)c1[N+]#[C-]. The highest BCUT2D eigenvalue weighted by atomic mass is 19.1. The van der Waals surface area contributed by atoms with E-state index >= 15 is 0 Å². The third kappa shape index (κ3) is 3.51. The maximum absolute atomic E-state index is 13.4. The quantitative estimate of drug-likeness (QED) is 0.494. The van der Waals surface area contributed by atoms with Crippen LogP contribution >= 0.6 is 0 Å². The molecule has 0 unspecified atom stereocenters. The number of aromatic nitrogens is 4. The minimum absolute atomic E-state index is 0.00996. The van der Waals surface area contributed by atoms with Crippen LogP contribution in [0.3, 0.4) is 0 Å². The zero-order chi connectivity index (χ0) is 22.9. The summed E-state index contributed by atoms with van der Waals surface area (Å²) in [6.07, 6.45) is 4.65. The number of anilines is 1. The Labute approximate surface area is 172 Å². The first-order valence-corrected chi connectivity index (χ1v) is 9.21. The summed E-state index contributed by atoms with van der Waals surface area (Å²) in [5.41, 5.74) is 1.97. The van der Waals surface area contributed by atoms with Crippen molar-refractivity contribution in [3.8, 4) is 16.9 Å². The normalized spacial score (nSPS) is 16.6. The molecule has 0 N–H and O–H groups in total. The van der Waals surface area contributed by atoms with Crippen molar-refractivity contribution in [1.29, 1.82) is 0 Å². The van der Waals surface area contributed by atoms with Crippen molar-refractivity contribution < 1.29 is 13.2 Å². The van der Waals surface area contributed by atoms with Gasteiger partial charge in [0.15, 0.2) is 0 Å². The van der Waals surface area contributed by atoms with Gasteiger partial charge < -0.3 is 14.2 Å². The zero-order valence-corrected chi connectivity index (χ0v) is 15.8. The number of pyridine rings is 1. The monoisotopic (exact) mass is 395 g/mol. The van der Waals surface area contributed by atoms with Gasteiger partial charge in [-0.3, -0.25) is 0 Å². The highest BCUT2D eigenvalue weighted by molar-refractivity contribution is 5.91. The lowest BCUT2D eigenvalue weighted by molar-refractivity contribution is 0.417. The molecule has 0 aliphatic carbocycles. The Kier molecular flexibility index (Phi) is 4.20. The van der Waals surface area contributed by atoms with E-state index in [0.29, 0.717) is 29.9 Å². The first-order chi connectivity index (χ1) is 15.3. The summed E-state index contributed by atoms with van der Waals surface area (Å²) in [7, 11) is -0.776. The van der Waals surface area contributed by atoms with Crippen molar-refractivity contribution in [2.45, 2.75) is 18.8 Å². The molecule has 0 radical (unpaired) electrons. The van der Waals surface area contributed by atoms with Crippen molar-refractivity contribution >= 4 is 11.4 Å². The summed E-state index contributed by atoms with van der Waals surface area (Å²) >= 11 is 0. The molecule has 7 nitrogen and oxygen atoms in total. The molecule has 1 aliphatic heterocycles. The Bertz CT molecular complexity index is 1150. The molecule has 2 aromatic heterocycles. The molecule has 8 heteroatoms. The number of benzene rings is 1. The molecule has 1 aliphatic rings. The van der Waals surface area contributed by atoms with E-state index in [0.717, 1.165) is 18.7 Å². The van der Waals surface area contributed by atoms with Crippen molar-refractivity contribution in [1.82, 2.24) is 19.7 Å². The molecule has 0 atom stereocenters. The van der Waals surface area contributed by atoms with Gasteiger partial charge in [-0.2, -0.15) is 4.39 Å². The molecule has 1 aromatic carbocycles. The van der Waals surface area contributed by atoms with E-state index in [1.165, 1.54) is 18.3 Å². The molecule has 0 amide bonds. The third-order valence-corrected chi connectivity index (χ3v) is 5.30. The van der Waals surface area contributed by atoms with Crippen molar-refractivity contribution in [3.63, 3.8) is 0 Å². The number of rotatable bonds is 4. The highest BCUT2D eigenvalue weighted by Crippen LogP contribution is 2.46. The average molecular weight is 395 g/mol. The first kappa shape index (κ1) is 15.5. The van der Waals surface area contributed by atoms with Crippen LogP contribution in [0, 0.1) is 12.5 Å². The van der Waals surface area contributed by atoms with Gasteiger partial charge in [-0.25, -0.2) is 9.83 Å². The van der Waals surface area contributed by atoms with E-state index < -0.39 is 13.0 Å². The van der Waals surface area contributed by atoms with E-state index in [1.807, 2.05) is 16.5 Å². The van der Waals surface area contributed by atoms with E-state index in [-0.39, 0.29) is 17.4 Å². The lowest BCUT2D eigenvalue weighted by atomic mass is 9.94. The summed E-state index contributed by atoms with van der Waals surface area (Å²) in [5, 5.41) is 8.18. The number of piperidine rings is 1. The van der Waals surface area contributed by atoms with Crippen molar-refractivity contribution in [2.24, 2.45) is 7.05 Å². The number of nitrogens with zero attached hydrogens (tertiary/aromatic N) is 6. The topological polar surface area (TPSA) is 60.4 Å². The van der Waals surface area contributed by atoms with E-state index in [4.69, 9.17) is 15.4 Å². The number of aryl methyl sites for hydroxylation is 1. The van der Waals surface area contributed by atoms with Crippen LogP contribution in [0.1, 0.15) is 28.7 Å². The van der Waals surface area contributed by atoms with E-state index in [2.05, 4.69) is 20.0 Å². The molecule has 3 aromatic rings. The molecule has 0 spiro atoms. The van der Waals surface area contributed by atoms with Gasteiger partial charge >= 0.3 is 0 Å². The summed E-state index contributed by atoms with van der Waals surface area (Å²) in [5.74, 6) is 0.530. The minimum Gasteiger partial charge on any atom is -0.508 e. The molecule has 0 saturated carbocycles. The lowest BCUT2D eigenvalue weighted by Crippen LogP contribution is -2.34. The molecule has 0 bridgehead atoms. The van der Waals surface area contributed by atoms with Gasteiger partial charge in [0.2, 0.25) is 5.95 Å². The molecule has 29 heavy (non-hydrogen) atoms. The standard InChI is InChI=1S/C21H21FN6O/c1-23-19-17(29-3)6-5-16(15-4-7-18(22)24-12-15)20(19)28-10-8-14(9-11-28)21-26-25-13-27(21)2/h4-7,12-14H,8-11H2,2-3H3/i3D3. The average Bonchev–Trinajstić information content (AvgIpc) is 3.19. The van der Waals surface area contributed by atoms with Gasteiger partial charge in [0.25, 0.3) is 5.69 Å². The second kappa shape index (κ2) is 7.87. The molecule has 4 rings (SSSR count). The third-order valence-electron chi connectivity index (χ3n) is 5.30. The van der Waals surface area contributed by atoms with E-state index in [1.54, 1.807) is 18.5 Å². The summed E-state index contributed by atoms with van der Waals surface area (Å²) in [6.45, 7) is 9.01. The largest absolute Gasteiger partial charge is 0.508 e. The summed E-state index contributed by atoms with van der Waals surface area (Å²) in [4.78, 5) is 9.41. The van der Waals surface area contributed by atoms with Crippen LogP contribution in [-0.4, -0.2) is 39.9 Å². The Hall–Kier alpha value is -3.47. The second-order valence-electron chi connectivity index (χ2n) is 6.95. The van der Waals surface area contributed by atoms with Crippen molar-refractivity contribution in [3.05, 3.63) is 60.0 Å². The highest BCUT2D eigenvalue weighted by Gasteiger charge is 2.28. The van der Waals surface area contributed by atoms with Crippen LogP contribution < -0.4 is 9.64 Å². The number of ether oxygens (including phenoxy) is 1. The molecular weight excluding hydrogens is 371 g/mol. The maximum Gasteiger partial charge on any atom is 0.251 e. The fourth-order valence-corrected chi connectivity index (χ4v) is 3.86. The van der Waals surface area contributed by atoms with Crippen LogP contribution in [0.15, 0.2) is 36.8 Å². The Morgan fingerprint density at radius 1 is 1.28 bits per heavy atom. The van der Waals surface area contributed by atoms with Gasteiger partial charge in [-0.1, -0.05) is 6.07 Å². The van der Waals surface area contributed by atoms with Crippen LogP contribution in [0.4, 0.5) is 15.8 Å². The molecule has 1 saturated heterocycles. The fourth-order valence-electron chi connectivity index (χ4n) is 3.86. The Balaban J connectivity index is 1.74.